The highest BCUT2D eigenvalue weighted by Crippen LogP contribution is 2.44. The topological polar surface area (TPSA) is 79.2 Å². The lowest BCUT2D eigenvalue weighted by molar-refractivity contribution is -0.384. The van der Waals surface area contributed by atoms with E-state index in [-0.39, 0.29) is 16.8 Å². The van der Waals surface area contributed by atoms with Gasteiger partial charge < -0.3 is 5.32 Å². The Morgan fingerprint density at radius 1 is 1.28 bits per heavy atom. The molecule has 0 saturated heterocycles. The van der Waals surface area contributed by atoms with Gasteiger partial charge in [0.2, 0.25) is 0 Å². The Bertz CT molecular complexity index is 698. The van der Waals surface area contributed by atoms with Crippen molar-refractivity contribution < 1.29 is 18.1 Å². The van der Waals surface area contributed by atoms with Crippen LogP contribution in [0.5, 0.6) is 0 Å². The highest BCUT2D eigenvalue weighted by Gasteiger charge is 2.39. The average Bonchev–Trinajstić information content (AvgIpc) is 3.14. The Balaban J connectivity index is 1.62. The van der Waals surface area contributed by atoms with Crippen LogP contribution in [-0.2, 0) is 6.18 Å². The molecule has 6 nitrogen and oxygen atoms in total. The van der Waals surface area contributed by atoms with E-state index < -0.39 is 22.4 Å². The van der Waals surface area contributed by atoms with Crippen LogP contribution in [0.2, 0.25) is 0 Å². The number of nitro benzene ring substituents is 1. The third-order valence-corrected chi connectivity index (χ3v) is 5.11. The number of nitrogens with zero attached hydrogens (tertiary/aromatic N) is 1. The van der Waals surface area contributed by atoms with Crippen LogP contribution in [0, 0.1) is 22.0 Å². The second-order valence-corrected chi connectivity index (χ2v) is 6.90. The zero-order valence-corrected chi connectivity index (χ0v) is 13.9. The summed E-state index contributed by atoms with van der Waals surface area (Å²) in [4.78, 5) is 10.2. The van der Waals surface area contributed by atoms with E-state index in [1.165, 1.54) is 19.3 Å². The Hall–Kier alpha value is -2.10. The van der Waals surface area contributed by atoms with E-state index >= 15 is 0 Å². The second kappa shape index (κ2) is 6.66. The maximum Gasteiger partial charge on any atom is 0.416 e. The summed E-state index contributed by atoms with van der Waals surface area (Å²) in [5.74, 6) is 1.32. The molecule has 3 atom stereocenters. The molecule has 0 heterocycles. The summed E-state index contributed by atoms with van der Waals surface area (Å²) in [5, 5.41) is 14.5. The second-order valence-electron chi connectivity index (χ2n) is 6.49. The molecule has 3 N–H and O–H groups in total. The summed E-state index contributed by atoms with van der Waals surface area (Å²) in [5.41, 5.74) is 3.31. The predicted octanol–water partition coefficient (Wildman–Crippen LogP) is 3.59. The first-order valence-corrected chi connectivity index (χ1v) is 8.33. The van der Waals surface area contributed by atoms with E-state index in [4.69, 9.17) is 12.2 Å². The quantitative estimate of drug-likeness (QED) is 0.425. The predicted molar refractivity (Wildman–Crippen MR) is 89.8 cm³/mol. The SMILES string of the molecule is O=[N+]([O-])c1cc(C(F)(F)F)ccc1NNC(=S)N[C@@H]1C[C@@H]2CC[C@@H]1C2. The fourth-order valence-electron chi connectivity index (χ4n) is 3.71. The fraction of sp³-hybridized carbons (Fsp3) is 0.533. The van der Waals surface area contributed by atoms with Crippen molar-refractivity contribution in [2.24, 2.45) is 11.8 Å². The van der Waals surface area contributed by atoms with E-state index in [0.717, 1.165) is 24.5 Å². The summed E-state index contributed by atoms with van der Waals surface area (Å²) in [7, 11) is 0. The molecule has 2 aliphatic carbocycles. The molecule has 2 bridgehead atoms. The highest BCUT2D eigenvalue weighted by molar-refractivity contribution is 7.80. The van der Waals surface area contributed by atoms with Crippen LogP contribution in [0.1, 0.15) is 31.2 Å². The maximum atomic E-state index is 12.7. The van der Waals surface area contributed by atoms with Crippen LogP contribution in [-0.4, -0.2) is 16.1 Å². The summed E-state index contributed by atoms with van der Waals surface area (Å²) in [6, 6.07) is 2.57. The number of hydrazine groups is 1. The van der Waals surface area contributed by atoms with Crippen LogP contribution in [0.25, 0.3) is 0 Å². The van der Waals surface area contributed by atoms with Crippen LogP contribution >= 0.6 is 12.2 Å². The van der Waals surface area contributed by atoms with Gasteiger partial charge in [-0.1, -0.05) is 6.42 Å². The summed E-state index contributed by atoms with van der Waals surface area (Å²) in [6.45, 7) is 0. The molecule has 0 spiro atoms. The molecule has 10 heteroatoms. The molecule has 2 aliphatic rings. The number of benzene rings is 1. The molecule has 0 aliphatic heterocycles. The largest absolute Gasteiger partial charge is 0.416 e. The summed E-state index contributed by atoms with van der Waals surface area (Å²) < 4.78 is 38.1. The van der Waals surface area contributed by atoms with Crippen molar-refractivity contribution in [3.05, 3.63) is 33.9 Å². The van der Waals surface area contributed by atoms with Crippen LogP contribution in [0.3, 0.4) is 0 Å². The average molecular weight is 374 g/mol. The molecule has 1 aromatic rings. The molecule has 0 radical (unpaired) electrons. The van der Waals surface area contributed by atoms with Gasteiger partial charge in [-0.15, -0.1) is 0 Å². The maximum absolute atomic E-state index is 12.7. The Kier molecular flexibility index (Phi) is 4.72. The molecule has 2 saturated carbocycles. The summed E-state index contributed by atoms with van der Waals surface area (Å²) in [6.07, 6.45) is 0.0160. The van der Waals surface area contributed by atoms with E-state index in [2.05, 4.69) is 16.2 Å². The first-order valence-electron chi connectivity index (χ1n) is 7.92. The van der Waals surface area contributed by atoms with Gasteiger partial charge in [-0.3, -0.25) is 21.0 Å². The minimum absolute atomic E-state index is 0.0879. The Morgan fingerprint density at radius 2 is 2.04 bits per heavy atom. The molecule has 2 fully saturated rings. The van der Waals surface area contributed by atoms with Crippen LogP contribution in [0.4, 0.5) is 24.5 Å². The van der Waals surface area contributed by atoms with Gasteiger partial charge in [0.1, 0.15) is 5.69 Å². The van der Waals surface area contributed by atoms with Gasteiger partial charge in [-0.2, -0.15) is 13.2 Å². The first-order chi connectivity index (χ1) is 11.7. The lowest BCUT2D eigenvalue weighted by Gasteiger charge is -2.24. The number of hydrogen-bond acceptors (Lipinski definition) is 4. The molecule has 3 rings (SSSR count). The third-order valence-electron chi connectivity index (χ3n) is 4.89. The number of thiocarbonyl (C=S) groups is 1. The molecular weight excluding hydrogens is 357 g/mol. The molecule has 0 aromatic heterocycles. The van der Waals surface area contributed by atoms with Crippen molar-refractivity contribution >= 4 is 28.7 Å². The van der Waals surface area contributed by atoms with Crippen molar-refractivity contribution in [1.82, 2.24) is 10.7 Å². The monoisotopic (exact) mass is 374 g/mol. The molecule has 136 valence electrons. The van der Waals surface area contributed by atoms with Gasteiger partial charge in [-0.25, -0.2) is 0 Å². The molecule has 1 aromatic carbocycles. The Labute approximate surface area is 147 Å². The molecule has 0 amide bonds. The molecular formula is C15H17F3N4O2S. The van der Waals surface area contributed by atoms with Gasteiger partial charge in [0, 0.05) is 12.1 Å². The lowest BCUT2D eigenvalue weighted by Crippen LogP contribution is -2.46. The number of nitrogens with one attached hydrogen (secondary N) is 3. The molecule has 0 unspecified atom stereocenters. The Morgan fingerprint density at radius 3 is 2.60 bits per heavy atom. The number of halogens is 3. The van der Waals surface area contributed by atoms with E-state index in [1.807, 2.05) is 0 Å². The van der Waals surface area contributed by atoms with Crippen LogP contribution < -0.4 is 16.2 Å². The van der Waals surface area contributed by atoms with Gasteiger partial charge in [-0.05, 0) is 55.4 Å². The lowest BCUT2D eigenvalue weighted by atomic mass is 9.96. The van der Waals surface area contributed by atoms with E-state index in [0.29, 0.717) is 12.0 Å². The van der Waals surface area contributed by atoms with Gasteiger partial charge in [0.25, 0.3) is 5.69 Å². The minimum Gasteiger partial charge on any atom is -0.358 e. The summed E-state index contributed by atoms with van der Waals surface area (Å²) >= 11 is 5.16. The zero-order valence-electron chi connectivity index (χ0n) is 13.1. The number of nitro groups is 1. The van der Waals surface area contributed by atoms with Crippen LogP contribution in [0.15, 0.2) is 18.2 Å². The van der Waals surface area contributed by atoms with Crippen molar-refractivity contribution in [3.8, 4) is 0 Å². The molecule has 25 heavy (non-hydrogen) atoms. The van der Waals surface area contributed by atoms with E-state index in [9.17, 15) is 23.3 Å². The number of rotatable bonds is 4. The van der Waals surface area contributed by atoms with Crippen molar-refractivity contribution in [2.75, 3.05) is 5.43 Å². The smallest absolute Gasteiger partial charge is 0.358 e. The number of alkyl halides is 3. The van der Waals surface area contributed by atoms with Gasteiger partial charge in [0.15, 0.2) is 5.11 Å². The highest BCUT2D eigenvalue weighted by atomic mass is 32.1. The third kappa shape index (κ3) is 3.94. The van der Waals surface area contributed by atoms with E-state index in [1.54, 1.807) is 0 Å². The first kappa shape index (κ1) is 17.7. The number of hydrogen-bond donors (Lipinski definition) is 3. The number of fused-ring (bicyclic) bond motifs is 2. The standard InChI is InChI=1S/C15H17F3N4O2S/c16-15(17,18)10-3-4-11(13(7-10)22(23)24)20-21-14(25)19-12-6-8-1-2-9(12)5-8/h3-4,7-9,12,20H,1-2,5-6H2,(H2,19,21,25)/t8-,9-,12-/m1/s1. The van der Waals surface area contributed by atoms with Gasteiger partial charge >= 0.3 is 6.18 Å². The van der Waals surface area contributed by atoms with Gasteiger partial charge in [0.05, 0.1) is 10.5 Å². The normalized spacial score (nSPS) is 24.8. The minimum atomic E-state index is -4.64. The zero-order chi connectivity index (χ0) is 18.2. The number of anilines is 1. The van der Waals surface area contributed by atoms with Crippen molar-refractivity contribution in [3.63, 3.8) is 0 Å². The van der Waals surface area contributed by atoms with Crippen molar-refractivity contribution in [2.45, 2.75) is 37.9 Å². The van der Waals surface area contributed by atoms with Crippen molar-refractivity contribution in [1.29, 1.82) is 0 Å². The fourth-order valence-corrected chi connectivity index (χ4v) is 3.92.